The third kappa shape index (κ3) is 4.08. The van der Waals surface area contributed by atoms with Crippen molar-refractivity contribution in [2.75, 3.05) is 6.61 Å². The van der Waals surface area contributed by atoms with Gasteiger partial charge in [0.1, 0.15) is 28.9 Å². The van der Waals surface area contributed by atoms with Crippen LogP contribution in [0.3, 0.4) is 0 Å². The van der Waals surface area contributed by atoms with Gasteiger partial charge in [0.25, 0.3) is 0 Å². The Hall–Kier alpha value is -3.33. The van der Waals surface area contributed by atoms with Gasteiger partial charge in [0.05, 0.1) is 0 Å². The Morgan fingerprint density at radius 1 is 1.39 bits per heavy atom. The average molecular weight is 311 g/mol. The van der Waals surface area contributed by atoms with Crippen LogP contribution in [0.25, 0.3) is 6.08 Å². The van der Waals surface area contributed by atoms with Crippen molar-refractivity contribution in [3.05, 3.63) is 63.7 Å². The second-order valence-electron chi connectivity index (χ2n) is 4.62. The fourth-order valence-electron chi connectivity index (χ4n) is 1.87. The summed E-state index contributed by atoms with van der Waals surface area (Å²) in [6.45, 7) is 1.46. The van der Waals surface area contributed by atoms with Crippen molar-refractivity contribution >= 4 is 11.9 Å². The number of aryl methyl sites for hydroxylation is 1. The van der Waals surface area contributed by atoms with Gasteiger partial charge in [-0.2, -0.15) is 5.26 Å². The van der Waals surface area contributed by atoms with E-state index in [4.69, 9.17) is 14.4 Å². The largest absolute Gasteiger partial charge is 0.507 e. The van der Waals surface area contributed by atoms with Crippen molar-refractivity contribution in [2.45, 2.75) is 6.92 Å². The zero-order chi connectivity index (χ0) is 16.8. The SMILES string of the molecule is Cc1cc(O)c(C(=O)/C=C/c2ccc(OCC#N)cc2)c(=O)o1. The highest BCUT2D eigenvalue weighted by Gasteiger charge is 2.15. The van der Waals surface area contributed by atoms with E-state index < -0.39 is 22.7 Å². The lowest BCUT2D eigenvalue weighted by Gasteiger charge is -2.01. The van der Waals surface area contributed by atoms with Gasteiger partial charge in [-0.15, -0.1) is 0 Å². The Kier molecular flexibility index (Phi) is 4.95. The molecule has 0 fully saturated rings. The van der Waals surface area contributed by atoms with Crippen molar-refractivity contribution in [1.82, 2.24) is 0 Å². The number of hydrogen-bond donors (Lipinski definition) is 1. The average Bonchev–Trinajstić information content (AvgIpc) is 2.51. The fraction of sp³-hybridized carbons (Fsp3) is 0.118. The first-order chi connectivity index (χ1) is 11.0. The summed E-state index contributed by atoms with van der Waals surface area (Å²) in [7, 11) is 0. The molecule has 2 aromatic rings. The number of nitriles is 1. The standard InChI is InChI=1S/C17H13NO5/c1-11-10-15(20)16(17(21)23-11)14(19)7-4-12-2-5-13(6-3-12)22-9-8-18/h2-7,10,20H,9H2,1H3/b7-4+. The molecule has 0 unspecified atom stereocenters. The molecule has 0 amide bonds. The minimum Gasteiger partial charge on any atom is -0.507 e. The van der Waals surface area contributed by atoms with Crippen molar-refractivity contribution in [2.24, 2.45) is 0 Å². The summed E-state index contributed by atoms with van der Waals surface area (Å²) in [5, 5.41) is 18.1. The Morgan fingerprint density at radius 2 is 2.09 bits per heavy atom. The van der Waals surface area contributed by atoms with E-state index >= 15 is 0 Å². The van der Waals surface area contributed by atoms with E-state index in [0.29, 0.717) is 11.3 Å². The first kappa shape index (κ1) is 16.0. The van der Waals surface area contributed by atoms with E-state index in [2.05, 4.69) is 0 Å². The predicted molar refractivity (Wildman–Crippen MR) is 82.3 cm³/mol. The van der Waals surface area contributed by atoms with Crippen LogP contribution in [-0.4, -0.2) is 17.5 Å². The summed E-state index contributed by atoms with van der Waals surface area (Å²) in [6, 6.07) is 9.75. The van der Waals surface area contributed by atoms with Gasteiger partial charge in [0, 0.05) is 6.07 Å². The lowest BCUT2D eigenvalue weighted by Crippen LogP contribution is -2.12. The first-order valence-electron chi connectivity index (χ1n) is 6.67. The zero-order valence-corrected chi connectivity index (χ0v) is 12.3. The van der Waals surface area contributed by atoms with Crippen molar-refractivity contribution < 1.29 is 19.1 Å². The van der Waals surface area contributed by atoms with Crippen LogP contribution in [0.1, 0.15) is 21.7 Å². The number of ketones is 1. The molecule has 23 heavy (non-hydrogen) atoms. The summed E-state index contributed by atoms with van der Waals surface area (Å²) in [4.78, 5) is 23.6. The lowest BCUT2D eigenvalue weighted by molar-refractivity contribution is 0.104. The number of hydrogen-bond acceptors (Lipinski definition) is 6. The topological polar surface area (TPSA) is 101 Å². The van der Waals surface area contributed by atoms with E-state index in [-0.39, 0.29) is 12.4 Å². The van der Waals surface area contributed by atoms with Crippen LogP contribution in [0.15, 0.2) is 45.6 Å². The highest BCUT2D eigenvalue weighted by molar-refractivity contribution is 6.08. The number of aromatic hydroxyl groups is 1. The van der Waals surface area contributed by atoms with Gasteiger partial charge < -0.3 is 14.3 Å². The number of rotatable bonds is 5. The Bertz CT molecular complexity index is 841. The fourth-order valence-corrected chi connectivity index (χ4v) is 1.87. The predicted octanol–water partition coefficient (Wildman–Crippen LogP) is 2.45. The van der Waals surface area contributed by atoms with Crippen molar-refractivity contribution in [3.63, 3.8) is 0 Å². The molecular formula is C17H13NO5. The lowest BCUT2D eigenvalue weighted by atomic mass is 10.1. The molecule has 0 aliphatic carbocycles. The first-order valence-corrected chi connectivity index (χ1v) is 6.67. The quantitative estimate of drug-likeness (QED) is 0.672. The molecule has 0 spiro atoms. The zero-order valence-electron chi connectivity index (χ0n) is 12.3. The van der Waals surface area contributed by atoms with Crippen molar-refractivity contribution in [3.8, 4) is 17.6 Å². The number of nitrogens with zero attached hydrogens (tertiary/aromatic N) is 1. The molecule has 1 aromatic carbocycles. The van der Waals surface area contributed by atoms with Crippen molar-refractivity contribution in [1.29, 1.82) is 5.26 Å². The summed E-state index contributed by atoms with van der Waals surface area (Å²) >= 11 is 0. The van der Waals surface area contributed by atoms with E-state index in [1.165, 1.54) is 25.1 Å². The number of ether oxygens (including phenoxy) is 1. The minimum absolute atomic E-state index is 0.0455. The van der Waals surface area contributed by atoms with Crippen LogP contribution in [0.2, 0.25) is 0 Å². The van der Waals surface area contributed by atoms with Gasteiger partial charge in [0.2, 0.25) is 0 Å². The maximum atomic E-state index is 12.0. The molecule has 6 heteroatoms. The van der Waals surface area contributed by atoms with Gasteiger partial charge >= 0.3 is 5.63 Å². The molecule has 1 heterocycles. The van der Waals surface area contributed by atoms with Gasteiger partial charge in [-0.3, -0.25) is 4.79 Å². The van der Waals surface area contributed by atoms with E-state index in [1.807, 2.05) is 6.07 Å². The van der Waals surface area contributed by atoms with Crippen LogP contribution in [0, 0.1) is 18.3 Å². The minimum atomic E-state index is -0.877. The molecule has 1 N–H and O–H groups in total. The maximum Gasteiger partial charge on any atom is 0.351 e. The highest BCUT2D eigenvalue weighted by Crippen LogP contribution is 2.17. The number of benzene rings is 1. The van der Waals surface area contributed by atoms with Crippen LogP contribution >= 0.6 is 0 Å². The van der Waals surface area contributed by atoms with Crippen LogP contribution < -0.4 is 10.4 Å². The van der Waals surface area contributed by atoms with E-state index in [1.54, 1.807) is 24.3 Å². The molecule has 0 saturated heterocycles. The molecule has 0 bridgehead atoms. The monoisotopic (exact) mass is 311 g/mol. The molecule has 0 aliphatic heterocycles. The summed E-state index contributed by atoms with van der Waals surface area (Å²) in [5.74, 6) is -0.303. The number of allylic oxidation sites excluding steroid dienone is 1. The van der Waals surface area contributed by atoms with Crippen LogP contribution in [0.5, 0.6) is 11.5 Å². The smallest absolute Gasteiger partial charge is 0.351 e. The molecule has 0 aliphatic rings. The molecule has 0 saturated carbocycles. The Labute approximate surface area is 131 Å². The van der Waals surface area contributed by atoms with Crippen LogP contribution in [0.4, 0.5) is 0 Å². The summed E-state index contributed by atoms with van der Waals surface area (Å²) in [5.41, 5.74) is -0.586. The molecule has 6 nitrogen and oxygen atoms in total. The highest BCUT2D eigenvalue weighted by atomic mass is 16.5. The van der Waals surface area contributed by atoms with Gasteiger partial charge in [-0.1, -0.05) is 18.2 Å². The second-order valence-corrected chi connectivity index (χ2v) is 4.62. The molecule has 116 valence electrons. The van der Waals surface area contributed by atoms with Gasteiger partial charge in [0.15, 0.2) is 12.4 Å². The molecule has 0 atom stereocenters. The second kappa shape index (κ2) is 7.09. The van der Waals surface area contributed by atoms with Gasteiger partial charge in [-0.25, -0.2) is 4.79 Å². The molecule has 1 aromatic heterocycles. The van der Waals surface area contributed by atoms with E-state index in [0.717, 1.165) is 0 Å². The third-order valence-corrected chi connectivity index (χ3v) is 2.91. The van der Waals surface area contributed by atoms with E-state index in [9.17, 15) is 14.7 Å². The molecular weight excluding hydrogens is 298 g/mol. The van der Waals surface area contributed by atoms with Gasteiger partial charge in [-0.05, 0) is 30.7 Å². The molecule has 0 radical (unpaired) electrons. The Morgan fingerprint density at radius 3 is 2.70 bits per heavy atom. The number of carbonyl (C=O) groups is 1. The summed E-state index contributed by atoms with van der Waals surface area (Å²) < 4.78 is 9.91. The molecule has 2 rings (SSSR count). The van der Waals surface area contributed by atoms with Crippen LogP contribution in [-0.2, 0) is 0 Å². The Balaban J connectivity index is 2.16. The number of carbonyl (C=O) groups excluding carboxylic acids is 1. The normalized spacial score (nSPS) is 10.4. The maximum absolute atomic E-state index is 12.0. The summed E-state index contributed by atoms with van der Waals surface area (Å²) in [6.07, 6.45) is 2.67. The third-order valence-electron chi connectivity index (χ3n) is 2.91.